The third-order valence-corrected chi connectivity index (χ3v) is 4.28. The zero-order valence-electron chi connectivity index (χ0n) is 14.6. The highest BCUT2D eigenvalue weighted by Gasteiger charge is 2.13. The van der Waals surface area contributed by atoms with Crippen LogP contribution in [0.4, 0.5) is 0 Å². The molecule has 0 aliphatic heterocycles. The van der Waals surface area contributed by atoms with Crippen molar-refractivity contribution in [2.24, 2.45) is 7.05 Å². The molecular weight excluding hydrogens is 314 g/mol. The maximum Gasteiger partial charge on any atom is 0.202 e. The minimum absolute atomic E-state index is 0.0570. The van der Waals surface area contributed by atoms with Crippen LogP contribution in [0.1, 0.15) is 15.9 Å². The van der Waals surface area contributed by atoms with Crippen LogP contribution in [0.5, 0.6) is 5.75 Å². The van der Waals surface area contributed by atoms with Crippen LogP contribution in [0.2, 0.25) is 0 Å². The number of hydrogen-bond acceptors (Lipinski definition) is 3. The molecule has 0 spiro atoms. The van der Waals surface area contributed by atoms with Crippen LogP contribution in [0.3, 0.4) is 0 Å². The van der Waals surface area contributed by atoms with E-state index in [1.807, 2.05) is 44.4 Å². The number of imidazole rings is 1. The minimum Gasteiger partial charge on any atom is -0.497 e. The summed E-state index contributed by atoms with van der Waals surface area (Å²) in [5, 5.41) is 8.29. The van der Waals surface area contributed by atoms with Crippen LogP contribution < -0.4 is 10.4 Å². The van der Waals surface area contributed by atoms with E-state index in [0.29, 0.717) is 11.3 Å². The minimum atomic E-state index is -0.0570. The molecule has 0 atom stereocenters. The van der Waals surface area contributed by atoms with E-state index in [1.54, 1.807) is 40.5 Å². The van der Waals surface area contributed by atoms with E-state index >= 15 is 0 Å². The number of nitrogens with one attached hydrogen (secondary N) is 1. The number of rotatable bonds is 5. The molecule has 1 heterocycles. The molecule has 0 radical (unpaired) electrons. The van der Waals surface area contributed by atoms with Crippen LogP contribution in [0, 0.1) is 12.3 Å². The van der Waals surface area contributed by atoms with Crippen LogP contribution >= 0.6 is 0 Å². The van der Waals surface area contributed by atoms with Gasteiger partial charge in [-0.1, -0.05) is 42.0 Å². The average Bonchev–Trinajstić information content (AvgIpc) is 2.91. The lowest BCUT2D eigenvalue weighted by atomic mass is 10.1. The lowest BCUT2D eigenvalue weighted by Gasteiger charge is -2.04. The molecule has 0 aliphatic rings. The number of aryl methyl sites for hydroxylation is 1. The van der Waals surface area contributed by atoms with Crippen molar-refractivity contribution in [3.05, 3.63) is 71.5 Å². The molecule has 5 nitrogen and oxygen atoms in total. The molecule has 1 aromatic heterocycles. The second kappa shape index (κ2) is 6.81. The lowest BCUT2D eigenvalue weighted by molar-refractivity contribution is 0.0970. The standard InChI is InChI=1S/C20H21N3O2/c1-14-7-9-15(10-8-14)18-12-23(20(21)22(18)2)13-19(24)16-5-4-6-17(11-16)25-3/h4-12,21H,13H2,1-3H3. The number of benzene rings is 2. The predicted octanol–water partition coefficient (Wildman–Crippen LogP) is 3.17. The average molecular weight is 335 g/mol. The Hall–Kier alpha value is -3.08. The maximum atomic E-state index is 12.6. The summed E-state index contributed by atoms with van der Waals surface area (Å²) >= 11 is 0. The van der Waals surface area contributed by atoms with Gasteiger partial charge in [0.05, 0.1) is 19.3 Å². The smallest absolute Gasteiger partial charge is 0.202 e. The predicted molar refractivity (Wildman–Crippen MR) is 96.8 cm³/mol. The molecule has 0 amide bonds. The number of hydrogen-bond donors (Lipinski definition) is 1. The first-order valence-electron chi connectivity index (χ1n) is 8.04. The summed E-state index contributed by atoms with van der Waals surface area (Å²) in [5.74, 6) is 0.591. The number of nitrogens with zero attached hydrogens (tertiary/aromatic N) is 2. The SMILES string of the molecule is COc1cccc(C(=O)Cn2cc(-c3ccc(C)cc3)n(C)c2=N)c1. The fourth-order valence-corrected chi connectivity index (χ4v) is 2.76. The van der Waals surface area contributed by atoms with Gasteiger partial charge in [-0.05, 0) is 24.6 Å². The van der Waals surface area contributed by atoms with Gasteiger partial charge in [-0.2, -0.15) is 0 Å². The molecule has 25 heavy (non-hydrogen) atoms. The van der Waals surface area contributed by atoms with Crippen molar-refractivity contribution in [1.82, 2.24) is 9.13 Å². The molecule has 128 valence electrons. The Morgan fingerprint density at radius 3 is 2.56 bits per heavy atom. The van der Waals surface area contributed by atoms with Crippen LogP contribution in [-0.2, 0) is 13.6 Å². The summed E-state index contributed by atoms with van der Waals surface area (Å²) in [7, 11) is 3.41. The molecule has 3 aromatic rings. The molecule has 0 unspecified atom stereocenters. The Morgan fingerprint density at radius 1 is 1.16 bits per heavy atom. The number of carbonyl (C=O) groups excluding carboxylic acids is 1. The van der Waals surface area contributed by atoms with Gasteiger partial charge >= 0.3 is 0 Å². The highest BCUT2D eigenvalue weighted by molar-refractivity contribution is 5.96. The van der Waals surface area contributed by atoms with Crippen molar-refractivity contribution in [1.29, 1.82) is 5.41 Å². The van der Waals surface area contributed by atoms with Crippen molar-refractivity contribution < 1.29 is 9.53 Å². The third-order valence-electron chi connectivity index (χ3n) is 4.28. The van der Waals surface area contributed by atoms with Crippen molar-refractivity contribution in [3.8, 4) is 17.0 Å². The number of ether oxygens (including phenoxy) is 1. The maximum absolute atomic E-state index is 12.6. The second-order valence-electron chi connectivity index (χ2n) is 6.05. The van der Waals surface area contributed by atoms with Gasteiger partial charge in [0, 0.05) is 18.8 Å². The molecule has 0 saturated carbocycles. The summed E-state index contributed by atoms with van der Waals surface area (Å²) in [6.07, 6.45) is 1.85. The monoisotopic (exact) mass is 335 g/mol. The highest BCUT2D eigenvalue weighted by atomic mass is 16.5. The van der Waals surface area contributed by atoms with Crippen LogP contribution in [0.15, 0.2) is 54.7 Å². The Bertz CT molecular complexity index is 965. The van der Waals surface area contributed by atoms with Crippen molar-refractivity contribution in [3.63, 3.8) is 0 Å². The van der Waals surface area contributed by atoms with Gasteiger partial charge in [0.2, 0.25) is 5.62 Å². The Balaban J connectivity index is 1.90. The van der Waals surface area contributed by atoms with E-state index in [0.717, 1.165) is 11.3 Å². The number of carbonyl (C=O) groups is 1. The molecule has 5 heteroatoms. The lowest BCUT2D eigenvalue weighted by Crippen LogP contribution is -2.25. The summed E-state index contributed by atoms with van der Waals surface area (Å²) in [4.78, 5) is 12.6. The second-order valence-corrected chi connectivity index (χ2v) is 6.05. The van der Waals surface area contributed by atoms with Crippen molar-refractivity contribution in [2.45, 2.75) is 13.5 Å². The van der Waals surface area contributed by atoms with E-state index < -0.39 is 0 Å². The van der Waals surface area contributed by atoms with Gasteiger partial charge in [-0.25, -0.2) is 0 Å². The third kappa shape index (κ3) is 3.40. The van der Waals surface area contributed by atoms with Crippen LogP contribution in [-0.4, -0.2) is 22.0 Å². The Labute approximate surface area is 146 Å². The summed E-state index contributed by atoms with van der Waals surface area (Å²) in [6.45, 7) is 2.16. The van der Waals surface area contributed by atoms with Crippen LogP contribution in [0.25, 0.3) is 11.3 Å². The first-order valence-corrected chi connectivity index (χ1v) is 8.04. The molecule has 0 bridgehead atoms. The Kier molecular flexibility index (Phi) is 4.57. The zero-order chi connectivity index (χ0) is 18.0. The fraction of sp³-hybridized carbons (Fsp3) is 0.200. The highest BCUT2D eigenvalue weighted by Crippen LogP contribution is 2.19. The van der Waals surface area contributed by atoms with E-state index in [1.165, 1.54) is 5.56 Å². The number of aromatic nitrogens is 2. The molecule has 2 aromatic carbocycles. The quantitative estimate of drug-likeness (QED) is 0.728. The van der Waals surface area contributed by atoms with Crippen molar-refractivity contribution in [2.75, 3.05) is 7.11 Å². The number of Topliss-reactive ketones (excluding diaryl/α,β-unsaturated/α-hetero) is 1. The number of methoxy groups -OCH3 is 1. The summed E-state index contributed by atoms with van der Waals surface area (Å²) in [5.41, 5.74) is 3.97. The normalized spacial score (nSPS) is 10.7. The van der Waals surface area contributed by atoms with Gasteiger partial charge in [0.15, 0.2) is 5.78 Å². The first kappa shape index (κ1) is 16.8. The first-order chi connectivity index (χ1) is 12.0. The summed E-state index contributed by atoms with van der Waals surface area (Å²) < 4.78 is 8.61. The van der Waals surface area contributed by atoms with Gasteiger partial charge < -0.3 is 13.9 Å². The summed E-state index contributed by atoms with van der Waals surface area (Å²) in [6, 6.07) is 15.2. The fourth-order valence-electron chi connectivity index (χ4n) is 2.76. The number of ketones is 1. The van der Waals surface area contributed by atoms with E-state index in [4.69, 9.17) is 10.1 Å². The Morgan fingerprint density at radius 2 is 1.88 bits per heavy atom. The molecular formula is C20H21N3O2. The van der Waals surface area contributed by atoms with E-state index in [2.05, 4.69) is 0 Å². The molecule has 0 aliphatic carbocycles. The van der Waals surface area contributed by atoms with E-state index in [-0.39, 0.29) is 17.9 Å². The van der Waals surface area contributed by atoms with Gasteiger partial charge in [0.25, 0.3) is 0 Å². The van der Waals surface area contributed by atoms with E-state index in [9.17, 15) is 4.79 Å². The van der Waals surface area contributed by atoms with Gasteiger partial charge in [-0.15, -0.1) is 0 Å². The zero-order valence-corrected chi connectivity index (χ0v) is 14.6. The molecule has 0 saturated heterocycles. The molecule has 3 rings (SSSR count). The van der Waals surface area contributed by atoms with Crippen molar-refractivity contribution >= 4 is 5.78 Å². The van der Waals surface area contributed by atoms with Gasteiger partial charge in [0.1, 0.15) is 5.75 Å². The largest absolute Gasteiger partial charge is 0.497 e. The van der Waals surface area contributed by atoms with Gasteiger partial charge in [-0.3, -0.25) is 10.2 Å². The topological polar surface area (TPSA) is 60.0 Å². The molecule has 1 N–H and O–H groups in total. The molecule has 0 fully saturated rings.